The number of primary amides is 1. The van der Waals surface area contributed by atoms with Gasteiger partial charge in [-0.05, 0) is 24.6 Å². The van der Waals surface area contributed by atoms with Crippen molar-refractivity contribution in [1.82, 2.24) is 14.8 Å². The number of hydrogen-bond donors (Lipinski definition) is 3. The zero-order valence-corrected chi connectivity index (χ0v) is 14.0. The number of fused-ring (bicyclic) bond motifs is 1. The molecule has 0 spiro atoms. The van der Waals surface area contributed by atoms with E-state index in [-0.39, 0.29) is 5.75 Å². The van der Waals surface area contributed by atoms with Crippen molar-refractivity contribution in [3.8, 4) is 17.1 Å². The number of rotatable bonds is 3. The smallest absolute Gasteiger partial charge is 0.248 e. The number of hydrogen-bond acceptors (Lipinski definition) is 5. The molecule has 1 atom stereocenters. The summed E-state index contributed by atoms with van der Waals surface area (Å²) in [5, 5.41) is 17.4. The quantitative estimate of drug-likeness (QED) is 0.675. The number of allylic oxidation sites excluding steroid dienone is 1. The number of nitrogens with zero attached hydrogens (tertiary/aromatic N) is 3. The third kappa shape index (κ3) is 2.59. The Morgan fingerprint density at radius 2 is 1.96 bits per heavy atom. The highest BCUT2D eigenvalue weighted by Gasteiger charge is 2.33. The number of phenolic OH excluding ortho intramolecular Hbond substituents is 1. The van der Waals surface area contributed by atoms with Gasteiger partial charge in [0.2, 0.25) is 11.9 Å². The van der Waals surface area contributed by atoms with Gasteiger partial charge in [-0.3, -0.25) is 4.79 Å². The van der Waals surface area contributed by atoms with E-state index in [0.29, 0.717) is 28.6 Å². The minimum Gasteiger partial charge on any atom is -0.508 e. The molecule has 1 amide bonds. The molecule has 0 saturated heterocycles. The Labute approximate surface area is 149 Å². The van der Waals surface area contributed by atoms with Gasteiger partial charge in [0, 0.05) is 11.3 Å². The third-order valence-corrected chi connectivity index (χ3v) is 4.34. The van der Waals surface area contributed by atoms with Crippen molar-refractivity contribution >= 4 is 11.9 Å². The molecule has 26 heavy (non-hydrogen) atoms. The van der Waals surface area contributed by atoms with Gasteiger partial charge in [-0.1, -0.05) is 42.5 Å². The molecule has 4 rings (SSSR count). The van der Waals surface area contributed by atoms with Gasteiger partial charge in [-0.15, -0.1) is 5.10 Å². The predicted octanol–water partition coefficient (Wildman–Crippen LogP) is 2.42. The topological polar surface area (TPSA) is 106 Å². The molecule has 0 fully saturated rings. The Kier molecular flexibility index (Phi) is 3.69. The van der Waals surface area contributed by atoms with E-state index in [9.17, 15) is 9.90 Å². The first-order chi connectivity index (χ1) is 12.5. The number of phenols is 1. The first-order valence-corrected chi connectivity index (χ1v) is 8.13. The molecule has 2 heterocycles. The second-order valence-electron chi connectivity index (χ2n) is 6.10. The van der Waals surface area contributed by atoms with E-state index in [1.54, 1.807) is 29.8 Å². The van der Waals surface area contributed by atoms with Gasteiger partial charge < -0.3 is 16.2 Å². The van der Waals surface area contributed by atoms with E-state index in [4.69, 9.17) is 5.73 Å². The predicted molar refractivity (Wildman–Crippen MR) is 97.2 cm³/mol. The molecule has 1 aliphatic rings. The number of nitrogens with two attached hydrogens (primary N) is 1. The standard InChI is InChI=1S/C19H17N5O2/c1-11-15(17(20)26)16(12-6-3-2-4-7-12)24-19(21-11)22-18(23-24)13-8-5-9-14(25)10-13/h2-10,16,25H,1H3,(H2,20,26)(H,21,22,23)/t16-/m0/s1. The van der Waals surface area contributed by atoms with Crippen LogP contribution in [0.15, 0.2) is 65.9 Å². The van der Waals surface area contributed by atoms with Crippen LogP contribution in [0.3, 0.4) is 0 Å². The van der Waals surface area contributed by atoms with Gasteiger partial charge in [0.15, 0.2) is 5.82 Å². The zero-order chi connectivity index (χ0) is 18.3. The lowest BCUT2D eigenvalue weighted by atomic mass is 9.95. The first-order valence-electron chi connectivity index (χ1n) is 8.13. The molecule has 4 N–H and O–H groups in total. The highest BCUT2D eigenvalue weighted by atomic mass is 16.3. The van der Waals surface area contributed by atoms with Gasteiger partial charge in [0.25, 0.3) is 0 Å². The maximum Gasteiger partial charge on any atom is 0.248 e. The fourth-order valence-electron chi connectivity index (χ4n) is 3.18. The second kappa shape index (κ2) is 6.03. The van der Waals surface area contributed by atoms with Crippen molar-refractivity contribution in [3.05, 3.63) is 71.4 Å². The number of carbonyl (C=O) groups excluding carboxylic acids is 1. The Hall–Kier alpha value is -3.61. The van der Waals surface area contributed by atoms with E-state index >= 15 is 0 Å². The van der Waals surface area contributed by atoms with Crippen LogP contribution in [0.25, 0.3) is 11.4 Å². The molecule has 0 bridgehead atoms. The van der Waals surface area contributed by atoms with Crippen LogP contribution in [-0.2, 0) is 4.79 Å². The molecule has 130 valence electrons. The van der Waals surface area contributed by atoms with Crippen molar-refractivity contribution in [2.24, 2.45) is 5.73 Å². The average Bonchev–Trinajstić information content (AvgIpc) is 3.04. The summed E-state index contributed by atoms with van der Waals surface area (Å²) >= 11 is 0. The van der Waals surface area contributed by atoms with E-state index in [0.717, 1.165) is 5.56 Å². The van der Waals surface area contributed by atoms with Crippen LogP contribution >= 0.6 is 0 Å². The van der Waals surface area contributed by atoms with Crippen molar-refractivity contribution in [3.63, 3.8) is 0 Å². The fraction of sp³-hybridized carbons (Fsp3) is 0.105. The van der Waals surface area contributed by atoms with Gasteiger partial charge in [-0.25, -0.2) is 4.68 Å². The average molecular weight is 347 g/mol. The Bertz CT molecular complexity index is 1020. The number of benzene rings is 2. The monoisotopic (exact) mass is 347 g/mol. The van der Waals surface area contributed by atoms with Crippen LogP contribution in [0, 0.1) is 0 Å². The van der Waals surface area contributed by atoms with Crippen LogP contribution in [0.5, 0.6) is 5.75 Å². The van der Waals surface area contributed by atoms with Gasteiger partial charge >= 0.3 is 0 Å². The Balaban J connectivity index is 1.89. The van der Waals surface area contributed by atoms with Crippen LogP contribution < -0.4 is 11.1 Å². The highest BCUT2D eigenvalue weighted by Crippen LogP contribution is 2.36. The maximum atomic E-state index is 12.1. The lowest BCUT2D eigenvalue weighted by Gasteiger charge is -2.27. The molecule has 0 radical (unpaired) electrons. The first kappa shape index (κ1) is 15.9. The normalized spacial score (nSPS) is 16.1. The molecule has 2 aromatic carbocycles. The van der Waals surface area contributed by atoms with Crippen molar-refractivity contribution < 1.29 is 9.90 Å². The van der Waals surface area contributed by atoms with Crippen LogP contribution in [0.4, 0.5) is 5.95 Å². The molecule has 0 saturated carbocycles. The number of anilines is 1. The number of aromatic nitrogens is 3. The minimum absolute atomic E-state index is 0.134. The molecule has 3 aromatic rings. The number of aromatic hydroxyl groups is 1. The van der Waals surface area contributed by atoms with Crippen LogP contribution in [0.1, 0.15) is 18.5 Å². The number of carbonyl (C=O) groups is 1. The van der Waals surface area contributed by atoms with Gasteiger partial charge in [0.05, 0.1) is 5.57 Å². The third-order valence-electron chi connectivity index (χ3n) is 4.34. The van der Waals surface area contributed by atoms with Gasteiger partial charge in [-0.2, -0.15) is 4.98 Å². The van der Waals surface area contributed by atoms with Crippen molar-refractivity contribution in [1.29, 1.82) is 0 Å². The van der Waals surface area contributed by atoms with E-state index < -0.39 is 11.9 Å². The maximum absolute atomic E-state index is 12.1. The SMILES string of the molecule is CC1=C(C(N)=O)[C@H](c2ccccc2)n2nc(-c3cccc(O)c3)nc2N1. The molecular formula is C19H17N5O2. The zero-order valence-electron chi connectivity index (χ0n) is 14.0. The summed E-state index contributed by atoms with van der Waals surface area (Å²) < 4.78 is 1.65. The fourth-order valence-corrected chi connectivity index (χ4v) is 3.18. The molecule has 1 aromatic heterocycles. The largest absolute Gasteiger partial charge is 0.508 e. The summed E-state index contributed by atoms with van der Waals surface area (Å²) in [6.45, 7) is 1.79. The molecule has 7 nitrogen and oxygen atoms in total. The number of nitrogens with one attached hydrogen (secondary N) is 1. The lowest BCUT2D eigenvalue weighted by Crippen LogP contribution is -2.31. The van der Waals surface area contributed by atoms with Crippen LogP contribution in [0.2, 0.25) is 0 Å². The minimum atomic E-state index is -0.510. The molecule has 1 aliphatic heterocycles. The summed E-state index contributed by atoms with van der Waals surface area (Å²) in [6.07, 6.45) is 0. The molecule has 0 aliphatic carbocycles. The molecular weight excluding hydrogens is 330 g/mol. The summed E-state index contributed by atoms with van der Waals surface area (Å²) in [5.41, 5.74) is 8.30. The van der Waals surface area contributed by atoms with E-state index in [1.165, 1.54) is 0 Å². The Morgan fingerprint density at radius 1 is 1.19 bits per heavy atom. The highest BCUT2D eigenvalue weighted by molar-refractivity contribution is 5.95. The molecule has 7 heteroatoms. The van der Waals surface area contributed by atoms with E-state index in [1.807, 2.05) is 36.4 Å². The Morgan fingerprint density at radius 3 is 2.65 bits per heavy atom. The summed E-state index contributed by atoms with van der Waals surface area (Å²) in [7, 11) is 0. The van der Waals surface area contributed by atoms with E-state index in [2.05, 4.69) is 15.4 Å². The van der Waals surface area contributed by atoms with Gasteiger partial charge in [0.1, 0.15) is 11.8 Å². The van der Waals surface area contributed by atoms with Crippen molar-refractivity contribution in [2.75, 3.05) is 5.32 Å². The second-order valence-corrected chi connectivity index (χ2v) is 6.10. The summed E-state index contributed by atoms with van der Waals surface area (Å²) in [5.74, 6) is 0.585. The van der Waals surface area contributed by atoms with Crippen molar-refractivity contribution in [2.45, 2.75) is 13.0 Å². The number of amides is 1. The summed E-state index contributed by atoms with van der Waals surface area (Å²) in [6, 6.07) is 15.8. The van der Waals surface area contributed by atoms with Crippen LogP contribution in [-0.4, -0.2) is 25.8 Å². The molecule has 0 unspecified atom stereocenters. The summed E-state index contributed by atoms with van der Waals surface area (Å²) in [4.78, 5) is 16.6. The lowest BCUT2D eigenvalue weighted by molar-refractivity contribution is -0.115.